The Balaban J connectivity index is 2.00. The fraction of sp³-hybridized carbons (Fsp3) is 0.294. The minimum absolute atomic E-state index is 0.0244. The van der Waals surface area contributed by atoms with Crippen LogP contribution in [0.5, 0.6) is 5.75 Å². The molecule has 1 aromatic carbocycles. The Hall–Kier alpha value is -3.16. The molecule has 8 nitrogen and oxygen atoms in total. The van der Waals surface area contributed by atoms with Gasteiger partial charge in [-0.1, -0.05) is 30.3 Å². The lowest BCUT2D eigenvalue weighted by atomic mass is 10.2. The van der Waals surface area contributed by atoms with Crippen molar-refractivity contribution in [3.63, 3.8) is 0 Å². The van der Waals surface area contributed by atoms with Crippen LogP contribution >= 0.6 is 0 Å². The lowest BCUT2D eigenvalue weighted by Gasteiger charge is -2.20. The second-order valence-corrected chi connectivity index (χ2v) is 5.36. The molecule has 2 heterocycles. The molecule has 1 aliphatic heterocycles. The molecule has 1 aromatic heterocycles. The SMILES string of the molecule is CCOC(=O)c1nc2n(c(=O)c1OCc1ccccc1)CCC(=O)N2. The Morgan fingerprint density at radius 3 is 2.76 bits per heavy atom. The molecule has 0 saturated carbocycles. The van der Waals surface area contributed by atoms with Crippen LogP contribution in [0, 0.1) is 0 Å². The van der Waals surface area contributed by atoms with Crippen molar-refractivity contribution in [1.29, 1.82) is 0 Å². The molecule has 3 rings (SSSR count). The smallest absolute Gasteiger partial charge is 0.361 e. The fourth-order valence-electron chi connectivity index (χ4n) is 2.44. The molecule has 25 heavy (non-hydrogen) atoms. The molecule has 1 N–H and O–H groups in total. The third-order valence-corrected chi connectivity index (χ3v) is 3.64. The van der Waals surface area contributed by atoms with E-state index < -0.39 is 11.5 Å². The average molecular weight is 343 g/mol. The van der Waals surface area contributed by atoms with E-state index in [1.807, 2.05) is 30.3 Å². The van der Waals surface area contributed by atoms with Gasteiger partial charge in [-0.25, -0.2) is 9.78 Å². The molecule has 0 aliphatic carbocycles. The predicted octanol–water partition coefficient (Wildman–Crippen LogP) is 1.34. The monoisotopic (exact) mass is 343 g/mol. The maximum Gasteiger partial charge on any atom is 0.361 e. The Labute approximate surface area is 143 Å². The Morgan fingerprint density at radius 1 is 1.28 bits per heavy atom. The summed E-state index contributed by atoms with van der Waals surface area (Å²) in [4.78, 5) is 40.5. The van der Waals surface area contributed by atoms with Gasteiger partial charge in [0.15, 0.2) is 5.69 Å². The number of anilines is 1. The second kappa shape index (κ2) is 7.16. The molecule has 130 valence electrons. The topological polar surface area (TPSA) is 99.5 Å². The zero-order valence-corrected chi connectivity index (χ0v) is 13.7. The van der Waals surface area contributed by atoms with Crippen molar-refractivity contribution in [3.8, 4) is 5.75 Å². The molecule has 0 radical (unpaired) electrons. The molecule has 0 spiro atoms. The van der Waals surface area contributed by atoms with Gasteiger partial charge in [0.05, 0.1) is 6.61 Å². The number of fused-ring (bicyclic) bond motifs is 1. The Bertz CT molecular complexity index is 861. The van der Waals surface area contributed by atoms with Crippen LogP contribution in [0.3, 0.4) is 0 Å². The van der Waals surface area contributed by atoms with Crippen molar-refractivity contribution in [1.82, 2.24) is 9.55 Å². The molecule has 2 aromatic rings. The van der Waals surface area contributed by atoms with Crippen LogP contribution in [0.25, 0.3) is 0 Å². The van der Waals surface area contributed by atoms with Crippen molar-refractivity contribution >= 4 is 17.8 Å². The number of nitrogens with one attached hydrogen (secondary N) is 1. The van der Waals surface area contributed by atoms with E-state index in [1.165, 1.54) is 4.57 Å². The first-order valence-electron chi connectivity index (χ1n) is 7.88. The van der Waals surface area contributed by atoms with Crippen LogP contribution in [-0.4, -0.2) is 28.0 Å². The molecular weight excluding hydrogens is 326 g/mol. The van der Waals surface area contributed by atoms with Gasteiger partial charge in [0.25, 0.3) is 5.56 Å². The third-order valence-electron chi connectivity index (χ3n) is 3.64. The van der Waals surface area contributed by atoms with Gasteiger partial charge in [-0.2, -0.15) is 0 Å². The van der Waals surface area contributed by atoms with E-state index in [9.17, 15) is 14.4 Å². The van der Waals surface area contributed by atoms with Gasteiger partial charge in [-0.15, -0.1) is 0 Å². The number of amides is 1. The van der Waals surface area contributed by atoms with Crippen molar-refractivity contribution in [3.05, 3.63) is 51.9 Å². The number of carbonyl (C=O) groups is 2. The number of aromatic nitrogens is 2. The van der Waals surface area contributed by atoms with E-state index in [2.05, 4.69) is 10.3 Å². The van der Waals surface area contributed by atoms with Gasteiger partial charge < -0.3 is 9.47 Å². The average Bonchev–Trinajstić information content (AvgIpc) is 2.61. The summed E-state index contributed by atoms with van der Waals surface area (Å²) in [5.41, 5.74) is 0.0768. The highest BCUT2D eigenvalue weighted by Gasteiger charge is 2.27. The summed E-state index contributed by atoms with van der Waals surface area (Å²) >= 11 is 0. The summed E-state index contributed by atoms with van der Waals surface area (Å²) in [7, 11) is 0. The number of rotatable bonds is 5. The minimum atomic E-state index is -0.772. The molecule has 1 amide bonds. The van der Waals surface area contributed by atoms with Crippen molar-refractivity contribution < 1.29 is 19.1 Å². The summed E-state index contributed by atoms with van der Waals surface area (Å²) < 4.78 is 11.8. The number of hydrogen-bond donors (Lipinski definition) is 1. The number of benzene rings is 1. The minimum Gasteiger partial charge on any atom is -0.481 e. The normalized spacial score (nSPS) is 12.9. The maximum absolute atomic E-state index is 12.7. The molecule has 1 aliphatic rings. The quantitative estimate of drug-likeness (QED) is 0.823. The van der Waals surface area contributed by atoms with E-state index in [0.29, 0.717) is 0 Å². The largest absolute Gasteiger partial charge is 0.481 e. The summed E-state index contributed by atoms with van der Waals surface area (Å²) in [6.45, 7) is 2.06. The van der Waals surface area contributed by atoms with Crippen molar-refractivity contribution in [2.45, 2.75) is 26.5 Å². The number of ether oxygens (including phenoxy) is 2. The van der Waals surface area contributed by atoms with Crippen LogP contribution in [0.2, 0.25) is 0 Å². The molecule has 0 fully saturated rings. The highest BCUT2D eigenvalue weighted by Crippen LogP contribution is 2.19. The number of hydrogen-bond acceptors (Lipinski definition) is 6. The third kappa shape index (κ3) is 3.52. The van der Waals surface area contributed by atoms with Gasteiger partial charge in [-0.05, 0) is 12.5 Å². The van der Waals surface area contributed by atoms with Gasteiger partial charge in [0.2, 0.25) is 17.6 Å². The molecule has 0 unspecified atom stereocenters. The van der Waals surface area contributed by atoms with E-state index in [0.717, 1.165) is 5.56 Å². The first-order chi connectivity index (χ1) is 12.1. The lowest BCUT2D eigenvalue weighted by Crippen LogP contribution is -2.35. The Kier molecular flexibility index (Phi) is 4.78. The summed E-state index contributed by atoms with van der Waals surface area (Å²) in [6.07, 6.45) is 0.158. The predicted molar refractivity (Wildman–Crippen MR) is 88.5 cm³/mol. The number of carbonyl (C=O) groups excluding carboxylic acids is 2. The summed E-state index contributed by atoms with van der Waals surface area (Å²) in [6, 6.07) is 9.24. The van der Waals surface area contributed by atoms with Gasteiger partial charge in [0, 0.05) is 13.0 Å². The van der Waals surface area contributed by atoms with Crippen LogP contribution in [-0.2, 0) is 22.7 Å². The number of nitrogens with zero attached hydrogens (tertiary/aromatic N) is 2. The first-order valence-corrected chi connectivity index (χ1v) is 7.88. The van der Waals surface area contributed by atoms with Crippen LogP contribution < -0.4 is 15.6 Å². The Morgan fingerprint density at radius 2 is 2.04 bits per heavy atom. The van der Waals surface area contributed by atoms with E-state index in [-0.39, 0.29) is 49.5 Å². The van der Waals surface area contributed by atoms with Crippen molar-refractivity contribution in [2.75, 3.05) is 11.9 Å². The van der Waals surface area contributed by atoms with Gasteiger partial charge >= 0.3 is 5.97 Å². The van der Waals surface area contributed by atoms with Crippen LogP contribution in [0.15, 0.2) is 35.1 Å². The molecule has 0 saturated heterocycles. The van der Waals surface area contributed by atoms with Crippen molar-refractivity contribution in [2.24, 2.45) is 0 Å². The highest BCUT2D eigenvalue weighted by molar-refractivity contribution is 5.93. The lowest BCUT2D eigenvalue weighted by molar-refractivity contribution is -0.116. The molecular formula is C17H17N3O5. The van der Waals surface area contributed by atoms with E-state index in [4.69, 9.17) is 9.47 Å². The molecule has 8 heteroatoms. The molecule has 0 bridgehead atoms. The van der Waals surface area contributed by atoms with Crippen LogP contribution in [0.1, 0.15) is 29.4 Å². The summed E-state index contributed by atoms with van der Waals surface area (Å²) in [5, 5.41) is 2.49. The number of esters is 1. The maximum atomic E-state index is 12.7. The highest BCUT2D eigenvalue weighted by atomic mass is 16.5. The van der Waals surface area contributed by atoms with Gasteiger partial charge in [-0.3, -0.25) is 19.5 Å². The first kappa shape index (κ1) is 16.7. The zero-order valence-electron chi connectivity index (χ0n) is 13.7. The van der Waals surface area contributed by atoms with E-state index >= 15 is 0 Å². The second-order valence-electron chi connectivity index (χ2n) is 5.36. The summed E-state index contributed by atoms with van der Waals surface area (Å²) in [5.74, 6) is -1.19. The van der Waals surface area contributed by atoms with Gasteiger partial charge in [0.1, 0.15) is 6.61 Å². The van der Waals surface area contributed by atoms with Crippen LogP contribution in [0.4, 0.5) is 5.95 Å². The standard InChI is InChI=1S/C17H17N3O5/c1-2-24-16(23)13-14(25-10-11-6-4-3-5-7-11)15(22)20-9-8-12(21)18-17(20)19-13/h3-7H,2,8-10H2,1H3,(H,18,19,21). The zero-order chi connectivity index (χ0) is 17.8. The van der Waals surface area contributed by atoms with E-state index in [1.54, 1.807) is 6.92 Å². The molecule has 0 atom stereocenters. The fourth-order valence-corrected chi connectivity index (χ4v) is 2.44.